The Hall–Kier alpha value is -3.40. The molecule has 0 fully saturated rings. The molecule has 3 aromatic rings. The summed E-state index contributed by atoms with van der Waals surface area (Å²) < 4.78 is 17.8. The minimum absolute atomic E-state index is 0.107. The highest BCUT2D eigenvalue weighted by atomic mass is 32.2. The molecule has 176 valence electrons. The van der Waals surface area contributed by atoms with Gasteiger partial charge in [-0.25, -0.2) is 4.68 Å². The van der Waals surface area contributed by atoms with Crippen molar-refractivity contribution in [2.75, 3.05) is 38.5 Å². The fourth-order valence-corrected chi connectivity index (χ4v) is 3.78. The van der Waals surface area contributed by atoms with Crippen LogP contribution in [0.4, 0.5) is 0 Å². The number of methoxy groups -OCH3 is 1. The van der Waals surface area contributed by atoms with E-state index in [1.165, 1.54) is 16.4 Å². The van der Waals surface area contributed by atoms with Crippen LogP contribution in [0.1, 0.15) is 19.4 Å². The van der Waals surface area contributed by atoms with Gasteiger partial charge in [-0.1, -0.05) is 17.8 Å². The van der Waals surface area contributed by atoms with E-state index in [1.54, 1.807) is 7.11 Å². The van der Waals surface area contributed by atoms with Gasteiger partial charge in [-0.15, -0.1) is 10.2 Å². The van der Waals surface area contributed by atoms with Crippen LogP contribution in [0.25, 0.3) is 11.4 Å². The predicted octanol–water partition coefficient (Wildman–Crippen LogP) is 2.92. The van der Waals surface area contributed by atoms with Crippen LogP contribution < -0.4 is 25.4 Å². The molecule has 0 spiro atoms. The van der Waals surface area contributed by atoms with Gasteiger partial charge in [-0.05, 0) is 62.2 Å². The number of nitrogens with zero attached hydrogens (tertiary/aromatic N) is 3. The van der Waals surface area contributed by atoms with Crippen LogP contribution in [0.5, 0.6) is 17.2 Å². The molecule has 10 heteroatoms. The van der Waals surface area contributed by atoms with Gasteiger partial charge in [0.05, 0.1) is 26.1 Å². The first-order valence-electron chi connectivity index (χ1n) is 10.7. The summed E-state index contributed by atoms with van der Waals surface area (Å²) in [6, 6.07) is 13.2. The van der Waals surface area contributed by atoms with E-state index in [2.05, 4.69) is 15.5 Å². The number of hydrogen-bond acceptors (Lipinski definition) is 8. The topological polar surface area (TPSA) is 114 Å². The summed E-state index contributed by atoms with van der Waals surface area (Å²) in [6.45, 7) is 5.51. The molecular formula is C23H29N5O4S. The molecule has 3 N–H and O–H groups in total. The highest BCUT2D eigenvalue weighted by Gasteiger charge is 2.14. The van der Waals surface area contributed by atoms with E-state index >= 15 is 0 Å². The minimum atomic E-state index is -0.107. The molecule has 0 bridgehead atoms. The highest BCUT2D eigenvalue weighted by molar-refractivity contribution is 7.99. The number of carbonyl (C=O) groups is 1. The summed E-state index contributed by atoms with van der Waals surface area (Å²) in [6.07, 6.45) is 0.678. The number of ether oxygens (including phenoxy) is 3. The molecule has 1 amide bonds. The van der Waals surface area contributed by atoms with Crippen molar-refractivity contribution in [3.8, 4) is 28.6 Å². The smallest absolute Gasteiger partial charge is 0.230 e. The minimum Gasteiger partial charge on any atom is -0.497 e. The summed E-state index contributed by atoms with van der Waals surface area (Å²) in [4.78, 5) is 12.3. The summed E-state index contributed by atoms with van der Waals surface area (Å²) in [5, 5.41) is 11.6. The van der Waals surface area contributed by atoms with E-state index < -0.39 is 0 Å². The molecule has 0 saturated heterocycles. The van der Waals surface area contributed by atoms with Crippen molar-refractivity contribution in [1.82, 2.24) is 20.2 Å². The molecule has 0 unspecified atom stereocenters. The summed E-state index contributed by atoms with van der Waals surface area (Å²) in [5.74, 6) is 8.91. The van der Waals surface area contributed by atoms with Crippen molar-refractivity contribution in [1.29, 1.82) is 0 Å². The van der Waals surface area contributed by atoms with Crippen LogP contribution in [0.3, 0.4) is 0 Å². The highest BCUT2D eigenvalue weighted by Crippen LogP contribution is 2.28. The Kier molecular flexibility index (Phi) is 8.82. The number of aromatic nitrogens is 3. The van der Waals surface area contributed by atoms with Gasteiger partial charge in [-0.3, -0.25) is 4.79 Å². The van der Waals surface area contributed by atoms with Crippen LogP contribution in [0.15, 0.2) is 47.6 Å². The van der Waals surface area contributed by atoms with E-state index in [-0.39, 0.29) is 11.7 Å². The molecule has 0 aliphatic heterocycles. The number of nitrogen functional groups attached to an aromatic ring is 1. The zero-order chi connectivity index (χ0) is 23.6. The van der Waals surface area contributed by atoms with Gasteiger partial charge in [0.2, 0.25) is 11.1 Å². The predicted molar refractivity (Wildman–Crippen MR) is 128 cm³/mol. The monoisotopic (exact) mass is 471 g/mol. The molecule has 0 atom stereocenters. The molecule has 0 saturated carbocycles. The second-order valence-electron chi connectivity index (χ2n) is 6.94. The van der Waals surface area contributed by atoms with Crippen molar-refractivity contribution in [2.24, 2.45) is 0 Å². The molecular weight excluding hydrogens is 442 g/mol. The van der Waals surface area contributed by atoms with Crippen molar-refractivity contribution in [3.63, 3.8) is 0 Å². The SMILES string of the molecule is CCOc1ccc(CCNC(=O)CSc2nnc(-c3ccc(OC)cc3)n2N)cc1OCC. The fraction of sp³-hybridized carbons (Fsp3) is 0.348. The Bertz CT molecular complexity index is 1060. The average molecular weight is 472 g/mol. The standard InChI is InChI=1S/C23H29N5O4S/c1-4-31-19-11-6-16(14-20(19)32-5-2)12-13-25-21(29)15-33-23-27-26-22(28(23)24)17-7-9-18(30-3)10-8-17/h6-11,14H,4-5,12-13,15,24H2,1-3H3,(H,25,29). The lowest BCUT2D eigenvalue weighted by atomic mass is 10.1. The maximum absolute atomic E-state index is 12.3. The van der Waals surface area contributed by atoms with Crippen molar-refractivity contribution in [2.45, 2.75) is 25.4 Å². The Balaban J connectivity index is 1.49. The lowest BCUT2D eigenvalue weighted by Gasteiger charge is -2.12. The number of nitrogens with two attached hydrogens (primary N) is 1. The van der Waals surface area contributed by atoms with Gasteiger partial charge in [0, 0.05) is 12.1 Å². The Labute approximate surface area is 197 Å². The van der Waals surface area contributed by atoms with Crippen LogP contribution in [0, 0.1) is 0 Å². The number of thioether (sulfide) groups is 1. The molecule has 0 radical (unpaired) electrons. The van der Waals surface area contributed by atoms with E-state index in [0.29, 0.717) is 42.9 Å². The van der Waals surface area contributed by atoms with E-state index in [9.17, 15) is 4.79 Å². The van der Waals surface area contributed by atoms with Crippen LogP contribution in [0.2, 0.25) is 0 Å². The number of carbonyl (C=O) groups excluding carboxylic acids is 1. The van der Waals surface area contributed by atoms with Crippen molar-refractivity contribution < 1.29 is 19.0 Å². The third kappa shape index (κ3) is 6.55. The zero-order valence-electron chi connectivity index (χ0n) is 19.0. The van der Waals surface area contributed by atoms with Gasteiger partial charge in [-0.2, -0.15) is 0 Å². The lowest BCUT2D eigenvalue weighted by molar-refractivity contribution is -0.118. The van der Waals surface area contributed by atoms with Crippen LogP contribution in [-0.4, -0.2) is 53.4 Å². The maximum atomic E-state index is 12.3. The van der Waals surface area contributed by atoms with E-state index in [1.807, 2.05) is 56.3 Å². The third-order valence-electron chi connectivity index (χ3n) is 4.69. The molecule has 0 aliphatic carbocycles. The number of hydrogen-bond donors (Lipinski definition) is 2. The number of benzene rings is 2. The normalized spacial score (nSPS) is 10.6. The second-order valence-corrected chi connectivity index (χ2v) is 7.88. The van der Waals surface area contributed by atoms with Gasteiger partial charge in [0.25, 0.3) is 0 Å². The van der Waals surface area contributed by atoms with Gasteiger partial charge in [0.15, 0.2) is 17.3 Å². The number of nitrogens with one attached hydrogen (secondary N) is 1. The first kappa shape index (κ1) is 24.2. The van der Waals surface area contributed by atoms with E-state index in [4.69, 9.17) is 20.1 Å². The van der Waals surface area contributed by atoms with Gasteiger partial charge in [0.1, 0.15) is 5.75 Å². The summed E-state index contributed by atoms with van der Waals surface area (Å²) in [7, 11) is 1.61. The van der Waals surface area contributed by atoms with E-state index in [0.717, 1.165) is 22.6 Å². The van der Waals surface area contributed by atoms with Gasteiger partial charge >= 0.3 is 0 Å². The molecule has 9 nitrogen and oxygen atoms in total. The molecule has 0 aliphatic rings. The Morgan fingerprint density at radius 2 is 1.79 bits per heavy atom. The summed E-state index contributed by atoms with van der Waals surface area (Å²) in [5.41, 5.74) is 1.87. The Morgan fingerprint density at radius 1 is 1.06 bits per heavy atom. The van der Waals surface area contributed by atoms with Crippen molar-refractivity contribution in [3.05, 3.63) is 48.0 Å². The molecule has 1 heterocycles. The van der Waals surface area contributed by atoms with Crippen molar-refractivity contribution >= 4 is 17.7 Å². The number of rotatable bonds is 12. The molecule has 33 heavy (non-hydrogen) atoms. The first-order valence-corrected chi connectivity index (χ1v) is 11.7. The quantitative estimate of drug-likeness (QED) is 0.306. The molecule has 2 aromatic carbocycles. The summed E-state index contributed by atoms with van der Waals surface area (Å²) >= 11 is 1.23. The average Bonchev–Trinajstić information content (AvgIpc) is 3.20. The molecule has 3 rings (SSSR count). The van der Waals surface area contributed by atoms with Crippen LogP contribution in [-0.2, 0) is 11.2 Å². The largest absolute Gasteiger partial charge is 0.497 e. The maximum Gasteiger partial charge on any atom is 0.230 e. The zero-order valence-corrected chi connectivity index (χ0v) is 19.9. The third-order valence-corrected chi connectivity index (χ3v) is 5.63. The fourth-order valence-electron chi connectivity index (χ4n) is 3.09. The number of amides is 1. The lowest BCUT2D eigenvalue weighted by Crippen LogP contribution is -2.27. The second kappa shape index (κ2) is 12.0. The molecule has 1 aromatic heterocycles. The van der Waals surface area contributed by atoms with Gasteiger partial charge < -0.3 is 25.4 Å². The van der Waals surface area contributed by atoms with Crippen LogP contribution >= 0.6 is 11.8 Å². The first-order chi connectivity index (χ1) is 16.0. The Morgan fingerprint density at radius 3 is 2.48 bits per heavy atom.